The standard InChI is InChI=1S/C20H19N3O4/c24-19(23-10-8-22(9-11-23)16-4-2-1-3-5-16)13-26-20(25)15-6-7-17-18(12-15)27-14-21-17/h1-7,12,14H,8-11,13H2. The zero-order valence-corrected chi connectivity index (χ0v) is 14.7. The quantitative estimate of drug-likeness (QED) is 0.661. The predicted molar refractivity (Wildman–Crippen MR) is 99.5 cm³/mol. The van der Waals surface area contributed by atoms with Gasteiger partial charge in [0, 0.05) is 31.9 Å². The number of carbonyl (C=O) groups excluding carboxylic acids is 2. The van der Waals surface area contributed by atoms with Crippen molar-refractivity contribution in [2.24, 2.45) is 0 Å². The third-order valence-electron chi connectivity index (χ3n) is 4.65. The molecule has 7 heteroatoms. The number of aromatic nitrogens is 1. The summed E-state index contributed by atoms with van der Waals surface area (Å²) in [6, 6.07) is 15.0. The van der Waals surface area contributed by atoms with E-state index < -0.39 is 5.97 Å². The van der Waals surface area contributed by atoms with Crippen LogP contribution in [-0.2, 0) is 9.53 Å². The number of carbonyl (C=O) groups is 2. The second-order valence-corrected chi connectivity index (χ2v) is 6.31. The highest BCUT2D eigenvalue weighted by Crippen LogP contribution is 2.17. The third-order valence-corrected chi connectivity index (χ3v) is 4.65. The molecule has 2 aromatic carbocycles. The van der Waals surface area contributed by atoms with Crippen LogP contribution < -0.4 is 4.90 Å². The second-order valence-electron chi connectivity index (χ2n) is 6.31. The molecular weight excluding hydrogens is 346 g/mol. The first-order valence-corrected chi connectivity index (χ1v) is 8.79. The molecule has 27 heavy (non-hydrogen) atoms. The van der Waals surface area contributed by atoms with E-state index in [1.54, 1.807) is 23.1 Å². The molecule has 1 aliphatic heterocycles. The first kappa shape index (κ1) is 17.1. The lowest BCUT2D eigenvalue weighted by atomic mass is 10.2. The Balaban J connectivity index is 1.29. The van der Waals surface area contributed by atoms with Gasteiger partial charge in [-0.05, 0) is 30.3 Å². The Labute approximate surface area is 156 Å². The summed E-state index contributed by atoms with van der Waals surface area (Å²) in [5.74, 6) is -0.735. The molecule has 0 spiro atoms. The van der Waals surface area contributed by atoms with Crippen molar-refractivity contribution in [3.05, 3.63) is 60.5 Å². The van der Waals surface area contributed by atoms with E-state index >= 15 is 0 Å². The predicted octanol–water partition coefficient (Wildman–Crippen LogP) is 2.33. The Kier molecular flexibility index (Phi) is 4.74. The number of rotatable bonds is 4. The summed E-state index contributed by atoms with van der Waals surface area (Å²) >= 11 is 0. The number of esters is 1. The summed E-state index contributed by atoms with van der Waals surface area (Å²) < 4.78 is 10.4. The minimum Gasteiger partial charge on any atom is -0.452 e. The molecule has 2 heterocycles. The maximum Gasteiger partial charge on any atom is 0.338 e. The normalized spacial score (nSPS) is 14.4. The third kappa shape index (κ3) is 3.76. The molecule has 1 aromatic heterocycles. The molecule has 0 atom stereocenters. The van der Waals surface area contributed by atoms with E-state index in [0.29, 0.717) is 29.8 Å². The summed E-state index contributed by atoms with van der Waals surface area (Å²) in [5, 5.41) is 0. The van der Waals surface area contributed by atoms with Crippen LogP contribution in [0.5, 0.6) is 0 Å². The lowest BCUT2D eigenvalue weighted by Crippen LogP contribution is -2.49. The van der Waals surface area contributed by atoms with Gasteiger partial charge in [-0.15, -0.1) is 0 Å². The second kappa shape index (κ2) is 7.49. The van der Waals surface area contributed by atoms with Crippen LogP contribution in [0.4, 0.5) is 5.69 Å². The Morgan fingerprint density at radius 1 is 1.04 bits per heavy atom. The van der Waals surface area contributed by atoms with Crippen molar-refractivity contribution in [3.8, 4) is 0 Å². The van der Waals surface area contributed by atoms with Gasteiger partial charge in [-0.3, -0.25) is 4.79 Å². The first-order chi connectivity index (χ1) is 13.2. The van der Waals surface area contributed by atoms with Crippen LogP contribution >= 0.6 is 0 Å². The molecule has 0 unspecified atom stereocenters. The van der Waals surface area contributed by atoms with Crippen LogP contribution in [0.25, 0.3) is 11.1 Å². The number of hydrogen-bond acceptors (Lipinski definition) is 6. The molecule has 1 fully saturated rings. The van der Waals surface area contributed by atoms with Crippen LogP contribution in [0.15, 0.2) is 59.3 Å². The minimum atomic E-state index is -0.551. The van der Waals surface area contributed by atoms with Gasteiger partial charge in [0.05, 0.1) is 5.56 Å². The van der Waals surface area contributed by atoms with Crippen molar-refractivity contribution in [1.29, 1.82) is 0 Å². The number of anilines is 1. The average molecular weight is 365 g/mol. The van der Waals surface area contributed by atoms with E-state index in [4.69, 9.17) is 9.15 Å². The lowest BCUT2D eigenvalue weighted by Gasteiger charge is -2.36. The van der Waals surface area contributed by atoms with Gasteiger partial charge >= 0.3 is 5.97 Å². The molecule has 1 saturated heterocycles. The number of benzene rings is 2. The summed E-state index contributed by atoms with van der Waals surface area (Å²) in [4.78, 5) is 32.5. The first-order valence-electron chi connectivity index (χ1n) is 8.79. The number of amides is 1. The Bertz CT molecular complexity index is 946. The molecular formula is C20H19N3O4. The van der Waals surface area contributed by atoms with Crippen LogP contribution in [-0.4, -0.2) is 54.5 Å². The van der Waals surface area contributed by atoms with Crippen molar-refractivity contribution in [2.45, 2.75) is 0 Å². The lowest BCUT2D eigenvalue weighted by molar-refractivity contribution is -0.134. The van der Waals surface area contributed by atoms with Gasteiger partial charge < -0.3 is 19.0 Å². The van der Waals surface area contributed by atoms with Gasteiger partial charge in [-0.25, -0.2) is 9.78 Å². The molecule has 1 amide bonds. The van der Waals surface area contributed by atoms with Gasteiger partial charge in [0.25, 0.3) is 5.91 Å². The van der Waals surface area contributed by atoms with Crippen LogP contribution in [0.1, 0.15) is 10.4 Å². The monoisotopic (exact) mass is 365 g/mol. The fraction of sp³-hybridized carbons (Fsp3) is 0.250. The zero-order valence-electron chi connectivity index (χ0n) is 14.7. The molecule has 0 radical (unpaired) electrons. The maximum absolute atomic E-state index is 12.3. The van der Waals surface area contributed by atoms with E-state index in [1.165, 1.54) is 6.39 Å². The van der Waals surface area contributed by atoms with E-state index in [2.05, 4.69) is 22.0 Å². The van der Waals surface area contributed by atoms with Crippen molar-refractivity contribution in [3.63, 3.8) is 0 Å². The Hall–Kier alpha value is -3.35. The van der Waals surface area contributed by atoms with Crippen molar-refractivity contribution >= 4 is 28.7 Å². The van der Waals surface area contributed by atoms with Crippen LogP contribution in [0.3, 0.4) is 0 Å². The van der Waals surface area contributed by atoms with Gasteiger partial charge in [-0.1, -0.05) is 18.2 Å². The van der Waals surface area contributed by atoms with Crippen molar-refractivity contribution in [1.82, 2.24) is 9.88 Å². The largest absolute Gasteiger partial charge is 0.452 e. The highest BCUT2D eigenvalue weighted by atomic mass is 16.5. The molecule has 1 aliphatic rings. The highest BCUT2D eigenvalue weighted by Gasteiger charge is 2.22. The van der Waals surface area contributed by atoms with Crippen molar-refractivity contribution < 1.29 is 18.7 Å². The number of hydrogen-bond donors (Lipinski definition) is 0. The zero-order chi connectivity index (χ0) is 18.6. The summed E-state index contributed by atoms with van der Waals surface area (Å²) in [5.41, 5.74) is 2.66. The smallest absolute Gasteiger partial charge is 0.338 e. The summed E-state index contributed by atoms with van der Waals surface area (Å²) in [6.07, 6.45) is 1.32. The Morgan fingerprint density at radius 2 is 1.81 bits per heavy atom. The van der Waals surface area contributed by atoms with Crippen molar-refractivity contribution in [2.75, 3.05) is 37.7 Å². The van der Waals surface area contributed by atoms with E-state index in [0.717, 1.165) is 18.8 Å². The molecule has 7 nitrogen and oxygen atoms in total. The fourth-order valence-electron chi connectivity index (χ4n) is 3.14. The van der Waals surface area contributed by atoms with Gasteiger partial charge in [0.2, 0.25) is 0 Å². The summed E-state index contributed by atoms with van der Waals surface area (Å²) in [7, 11) is 0. The SMILES string of the molecule is O=C(OCC(=O)N1CCN(c2ccccc2)CC1)c1ccc2ncoc2c1. The highest BCUT2D eigenvalue weighted by molar-refractivity contribution is 5.94. The van der Waals surface area contributed by atoms with Crippen LogP contribution in [0.2, 0.25) is 0 Å². The van der Waals surface area contributed by atoms with E-state index in [1.807, 2.05) is 18.2 Å². The molecule has 0 saturated carbocycles. The maximum atomic E-state index is 12.3. The molecule has 4 rings (SSSR count). The minimum absolute atomic E-state index is 0.184. The topological polar surface area (TPSA) is 75.9 Å². The fourth-order valence-corrected chi connectivity index (χ4v) is 3.14. The van der Waals surface area contributed by atoms with Gasteiger partial charge in [-0.2, -0.15) is 0 Å². The van der Waals surface area contributed by atoms with E-state index in [9.17, 15) is 9.59 Å². The molecule has 138 valence electrons. The number of nitrogens with zero attached hydrogens (tertiary/aromatic N) is 3. The molecule has 0 bridgehead atoms. The van der Waals surface area contributed by atoms with Gasteiger partial charge in [0.1, 0.15) is 5.52 Å². The number of oxazole rings is 1. The molecule has 0 N–H and O–H groups in total. The van der Waals surface area contributed by atoms with Gasteiger partial charge in [0.15, 0.2) is 18.6 Å². The number of ether oxygens (including phenoxy) is 1. The van der Waals surface area contributed by atoms with E-state index in [-0.39, 0.29) is 12.5 Å². The molecule has 3 aromatic rings. The molecule has 0 aliphatic carbocycles. The number of piperazine rings is 1. The average Bonchev–Trinajstić information content (AvgIpc) is 3.20. The summed E-state index contributed by atoms with van der Waals surface area (Å²) in [6.45, 7) is 2.46. The number of fused-ring (bicyclic) bond motifs is 1. The number of para-hydroxylation sites is 1. The van der Waals surface area contributed by atoms with Crippen LogP contribution in [0, 0.1) is 0 Å². The Morgan fingerprint density at radius 3 is 2.59 bits per heavy atom.